The zero-order chi connectivity index (χ0) is 9.68. The molecule has 0 fully saturated rings. The van der Waals surface area contributed by atoms with Gasteiger partial charge in [0, 0.05) is 5.69 Å². The largest absolute Gasteiger partial charge is 0.374 e. The van der Waals surface area contributed by atoms with E-state index in [9.17, 15) is 0 Å². The molecule has 0 bridgehead atoms. The Balaban J connectivity index is 2.73. The summed E-state index contributed by atoms with van der Waals surface area (Å²) in [6.45, 7) is 6.77. The lowest BCUT2D eigenvalue weighted by molar-refractivity contribution is 1.31. The molecule has 0 amide bonds. The van der Waals surface area contributed by atoms with Crippen LogP contribution in [0.25, 0.3) is 0 Å². The monoisotopic (exact) mass is 173 g/mol. The van der Waals surface area contributed by atoms with Crippen LogP contribution in [0.3, 0.4) is 0 Å². The lowest BCUT2D eigenvalue weighted by atomic mass is 10.1. The summed E-state index contributed by atoms with van der Waals surface area (Å²) < 4.78 is 0. The topological polar surface area (TPSA) is 12.0 Å². The normalized spacial score (nSPS) is 8.85. The molecule has 1 N–H and O–H groups in total. The van der Waals surface area contributed by atoms with Crippen LogP contribution in [-0.2, 0) is 0 Å². The Morgan fingerprint density at radius 3 is 2.77 bits per heavy atom. The first-order valence-corrected chi connectivity index (χ1v) is 4.45. The smallest absolute Gasteiger partial charge is 0.0765 e. The van der Waals surface area contributed by atoms with E-state index >= 15 is 0 Å². The van der Waals surface area contributed by atoms with Gasteiger partial charge in [-0.25, -0.2) is 0 Å². The average Bonchev–Trinajstić information content (AvgIpc) is 2.11. The number of aryl methyl sites for hydroxylation is 2. The fraction of sp³-hybridized carbons (Fsp3) is 0.333. The van der Waals surface area contributed by atoms with Crippen LogP contribution in [0.5, 0.6) is 0 Å². The van der Waals surface area contributed by atoms with Gasteiger partial charge in [-0.1, -0.05) is 18.1 Å². The standard InChI is InChI=1S/C12H15N/c1-4-5-8-13-12-9-10(2)6-7-11(12)3/h6-7,9,13H,8H2,1-3H3. The second-order valence-electron chi connectivity index (χ2n) is 3.10. The highest BCUT2D eigenvalue weighted by molar-refractivity contribution is 5.53. The number of rotatable bonds is 2. The highest BCUT2D eigenvalue weighted by Crippen LogP contribution is 2.15. The number of nitrogens with one attached hydrogen (secondary N) is 1. The molecule has 68 valence electrons. The van der Waals surface area contributed by atoms with E-state index in [1.54, 1.807) is 0 Å². The third kappa shape index (κ3) is 2.83. The zero-order valence-electron chi connectivity index (χ0n) is 8.44. The van der Waals surface area contributed by atoms with Gasteiger partial charge in [0.2, 0.25) is 0 Å². The fourth-order valence-electron chi connectivity index (χ4n) is 1.15. The van der Waals surface area contributed by atoms with E-state index in [0.717, 1.165) is 6.54 Å². The minimum Gasteiger partial charge on any atom is -0.374 e. The minimum atomic E-state index is 0.723. The predicted molar refractivity (Wildman–Crippen MR) is 57.9 cm³/mol. The van der Waals surface area contributed by atoms with Crippen LogP contribution in [0.1, 0.15) is 18.1 Å². The SMILES string of the molecule is CC#CCNc1cc(C)ccc1C. The molecule has 0 aliphatic rings. The third-order valence-electron chi connectivity index (χ3n) is 1.94. The second-order valence-corrected chi connectivity index (χ2v) is 3.10. The maximum Gasteiger partial charge on any atom is 0.0765 e. The first kappa shape index (κ1) is 9.67. The van der Waals surface area contributed by atoms with Crippen molar-refractivity contribution < 1.29 is 0 Å². The van der Waals surface area contributed by atoms with Crippen molar-refractivity contribution in [2.45, 2.75) is 20.8 Å². The zero-order valence-corrected chi connectivity index (χ0v) is 8.44. The molecule has 0 unspecified atom stereocenters. The van der Waals surface area contributed by atoms with Gasteiger partial charge in [0.05, 0.1) is 6.54 Å². The van der Waals surface area contributed by atoms with Crippen molar-refractivity contribution >= 4 is 5.69 Å². The Morgan fingerprint density at radius 1 is 1.31 bits per heavy atom. The van der Waals surface area contributed by atoms with Crippen LogP contribution >= 0.6 is 0 Å². The van der Waals surface area contributed by atoms with Gasteiger partial charge in [-0.15, -0.1) is 5.92 Å². The Labute approximate surface area is 80.2 Å². The highest BCUT2D eigenvalue weighted by Gasteiger charge is 1.95. The van der Waals surface area contributed by atoms with Gasteiger partial charge in [-0.05, 0) is 38.0 Å². The molecule has 1 aromatic carbocycles. The lowest BCUT2D eigenvalue weighted by Crippen LogP contribution is -2.00. The second kappa shape index (κ2) is 4.57. The summed E-state index contributed by atoms with van der Waals surface area (Å²) in [6, 6.07) is 6.38. The first-order valence-electron chi connectivity index (χ1n) is 4.45. The van der Waals surface area contributed by atoms with E-state index in [1.807, 2.05) is 6.92 Å². The predicted octanol–water partition coefficient (Wildman–Crippen LogP) is 2.74. The van der Waals surface area contributed by atoms with E-state index < -0.39 is 0 Å². The summed E-state index contributed by atoms with van der Waals surface area (Å²) >= 11 is 0. The lowest BCUT2D eigenvalue weighted by Gasteiger charge is -2.07. The molecular formula is C12H15N. The van der Waals surface area contributed by atoms with E-state index in [4.69, 9.17) is 0 Å². The van der Waals surface area contributed by atoms with Crippen LogP contribution in [0, 0.1) is 25.7 Å². The molecule has 0 aliphatic heterocycles. The van der Waals surface area contributed by atoms with Gasteiger partial charge in [0.1, 0.15) is 0 Å². The van der Waals surface area contributed by atoms with Crippen molar-refractivity contribution in [2.24, 2.45) is 0 Å². The van der Waals surface area contributed by atoms with Crippen LogP contribution in [-0.4, -0.2) is 6.54 Å². The van der Waals surface area contributed by atoms with Gasteiger partial charge in [-0.2, -0.15) is 0 Å². The van der Waals surface area contributed by atoms with Crippen molar-refractivity contribution in [1.82, 2.24) is 0 Å². The Morgan fingerprint density at radius 2 is 2.08 bits per heavy atom. The molecule has 1 nitrogen and oxygen atoms in total. The van der Waals surface area contributed by atoms with Gasteiger partial charge < -0.3 is 5.32 Å². The maximum absolute atomic E-state index is 3.28. The molecule has 1 heteroatoms. The van der Waals surface area contributed by atoms with E-state index in [1.165, 1.54) is 16.8 Å². The van der Waals surface area contributed by atoms with Crippen LogP contribution in [0.15, 0.2) is 18.2 Å². The molecule has 0 saturated carbocycles. The number of anilines is 1. The Hall–Kier alpha value is -1.42. The van der Waals surface area contributed by atoms with E-state index in [0.29, 0.717) is 0 Å². The van der Waals surface area contributed by atoms with Crippen LogP contribution < -0.4 is 5.32 Å². The number of hydrogen-bond donors (Lipinski definition) is 1. The minimum absolute atomic E-state index is 0.723. The number of benzene rings is 1. The van der Waals surface area contributed by atoms with E-state index in [-0.39, 0.29) is 0 Å². The molecule has 1 aromatic rings. The summed E-state index contributed by atoms with van der Waals surface area (Å²) in [5.41, 5.74) is 3.73. The summed E-state index contributed by atoms with van der Waals surface area (Å²) in [5, 5.41) is 3.28. The fourth-order valence-corrected chi connectivity index (χ4v) is 1.15. The maximum atomic E-state index is 3.28. The summed E-state index contributed by atoms with van der Waals surface area (Å²) in [5.74, 6) is 5.84. The van der Waals surface area contributed by atoms with Crippen molar-refractivity contribution in [2.75, 3.05) is 11.9 Å². The Kier molecular flexibility index (Phi) is 3.40. The molecule has 0 saturated heterocycles. The van der Waals surface area contributed by atoms with Crippen molar-refractivity contribution in [1.29, 1.82) is 0 Å². The van der Waals surface area contributed by atoms with Gasteiger partial charge >= 0.3 is 0 Å². The van der Waals surface area contributed by atoms with E-state index in [2.05, 4.69) is 49.2 Å². The van der Waals surface area contributed by atoms with Crippen LogP contribution in [0.2, 0.25) is 0 Å². The highest BCUT2D eigenvalue weighted by atomic mass is 14.9. The number of hydrogen-bond acceptors (Lipinski definition) is 1. The quantitative estimate of drug-likeness (QED) is 0.678. The van der Waals surface area contributed by atoms with Crippen LogP contribution in [0.4, 0.5) is 5.69 Å². The summed E-state index contributed by atoms with van der Waals surface area (Å²) in [7, 11) is 0. The third-order valence-corrected chi connectivity index (χ3v) is 1.94. The van der Waals surface area contributed by atoms with Gasteiger partial charge in [-0.3, -0.25) is 0 Å². The molecule has 1 rings (SSSR count). The summed E-state index contributed by atoms with van der Waals surface area (Å²) in [6.07, 6.45) is 0. The average molecular weight is 173 g/mol. The molecular weight excluding hydrogens is 158 g/mol. The van der Waals surface area contributed by atoms with Gasteiger partial charge in [0.25, 0.3) is 0 Å². The molecule has 0 aliphatic carbocycles. The molecule has 0 atom stereocenters. The molecule has 0 heterocycles. The van der Waals surface area contributed by atoms with Gasteiger partial charge in [0.15, 0.2) is 0 Å². The Bertz CT molecular complexity index is 342. The molecule has 0 radical (unpaired) electrons. The van der Waals surface area contributed by atoms with Crippen molar-refractivity contribution in [3.63, 3.8) is 0 Å². The van der Waals surface area contributed by atoms with Crippen molar-refractivity contribution in [3.8, 4) is 11.8 Å². The summed E-state index contributed by atoms with van der Waals surface area (Å²) in [4.78, 5) is 0. The first-order chi connectivity index (χ1) is 6.24. The molecule has 0 aromatic heterocycles. The molecule has 13 heavy (non-hydrogen) atoms. The molecule has 0 spiro atoms. The van der Waals surface area contributed by atoms with Crippen molar-refractivity contribution in [3.05, 3.63) is 29.3 Å².